The molecule has 0 aliphatic carbocycles. The van der Waals surface area contributed by atoms with Gasteiger partial charge in [-0.25, -0.2) is 4.79 Å². The first kappa shape index (κ1) is 17.5. The fraction of sp³-hybridized carbons (Fsp3) is 0.381. The summed E-state index contributed by atoms with van der Waals surface area (Å²) in [6, 6.07) is 11.4. The fourth-order valence-corrected chi connectivity index (χ4v) is 4.02. The number of fused-ring (bicyclic) bond motifs is 2. The first-order valence-corrected chi connectivity index (χ1v) is 9.32. The van der Waals surface area contributed by atoms with Crippen molar-refractivity contribution < 1.29 is 14.0 Å². The normalized spacial score (nSPS) is 20.8. The molecule has 2 aliphatic heterocycles. The van der Waals surface area contributed by atoms with Gasteiger partial charge in [0.05, 0.1) is 0 Å². The average Bonchev–Trinajstić information content (AvgIpc) is 3.21. The van der Waals surface area contributed by atoms with Crippen LogP contribution >= 0.6 is 0 Å². The molecule has 0 spiro atoms. The lowest BCUT2D eigenvalue weighted by Crippen LogP contribution is -2.51. The Morgan fingerprint density at radius 1 is 1.22 bits per heavy atom. The summed E-state index contributed by atoms with van der Waals surface area (Å²) in [4.78, 5) is 38.6. The highest BCUT2D eigenvalue weighted by molar-refractivity contribution is 6.00. The van der Waals surface area contributed by atoms with Crippen molar-refractivity contribution >= 4 is 11.8 Å². The van der Waals surface area contributed by atoms with Gasteiger partial charge in [0.25, 0.3) is 5.91 Å². The monoisotopic (exact) mass is 366 g/mol. The number of likely N-dealkylation sites (tertiary alicyclic amines) is 1. The van der Waals surface area contributed by atoms with Crippen molar-refractivity contribution in [2.75, 3.05) is 6.54 Å². The van der Waals surface area contributed by atoms with Crippen molar-refractivity contribution in [3.05, 3.63) is 69.3 Å². The van der Waals surface area contributed by atoms with Gasteiger partial charge < -0.3 is 14.6 Å². The Hall–Kier alpha value is -2.89. The lowest BCUT2D eigenvalue weighted by Gasteiger charge is -2.26. The third-order valence-electron chi connectivity index (χ3n) is 5.36. The van der Waals surface area contributed by atoms with Gasteiger partial charge in [-0.05, 0) is 43.4 Å². The topological polar surface area (TPSA) is 79.6 Å². The Morgan fingerprint density at radius 2 is 2.00 bits per heavy atom. The summed E-state index contributed by atoms with van der Waals surface area (Å²) in [5.74, 6) is 0.0456. The molecule has 2 bridgehead atoms. The van der Waals surface area contributed by atoms with E-state index < -0.39 is 17.6 Å². The van der Waals surface area contributed by atoms with E-state index in [0.29, 0.717) is 30.7 Å². The lowest BCUT2D eigenvalue weighted by molar-refractivity contribution is -0.124. The Kier molecular flexibility index (Phi) is 4.56. The summed E-state index contributed by atoms with van der Waals surface area (Å²) in [5.41, 5.74) is 1.28. The van der Waals surface area contributed by atoms with Crippen molar-refractivity contribution in [3.8, 4) is 0 Å². The lowest BCUT2D eigenvalue weighted by atomic mass is 10.0. The van der Waals surface area contributed by atoms with Crippen molar-refractivity contribution in [2.24, 2.45) is 0 Å². The predicted molar refractivity (Wildman–Crippen MR) is 99.6 cm³/mol. The molecule has 4 rings (SSSR count). The number of aryl methyl sites for hydroxylation is 3. The number of nitrogens with one attached hydrogen (secondary N) is 1. The number of nitrogens with zero attached hydrogens (tertiary/aromatic N) is 1. The molecule has 2 aromatic rings. The molecule has 2 amide bonds. The quantitative estimate of drug-likeness (QED) is 0.876. The van der Waals surface area contributed by atoms with Crippen molar-refractivity contribution in [2.45, 2.75) is 44.7 Å². The van der Waals surface area contributed by atoms with E-state index in [4.69, 9.17) is 4.42 Å². The maximum Gasteiger partial charge on any atom is 0.349 e. The molecule has 0 radical (unpaired) electrons. The van der Waals surface area contributed by atoms with Crippen LogP contribution < -0.4 is 10.9 Å². The molecule has 2 saturated heterocycles. The smallest absolute Gasteiger partial charge is 0.349 e. The number of hydrogen-bond donors (Lipinski definition) is 1. The van der Waals surface area contributed by atoms with Gasteiger partial charge in [-0.15, -0.1) is 0 Å². The number of rotatable bonds is 5. The summed E-state index contributed by atoms with van der Waals surface area (Å²) in [5, 5.41) is 2.83. The number of benzene rings is 1. The van der Waals surface area contributed by atoms with Gasteiger partial charge in [-0.2, -0.15) is 0 Å². The Morgan fingerprint density at radius 3 is 2.67 bits per heavy atom. The van der Waals surface area contributed by atoms with E-state index in [0.717, 1.165) is 12.8 Å². The summed E-state index contributed by atoms with van der Waals surface area (Å²) in [6.07, 6.45) is 3.01. The van der Waals surface area contributed by atoms with E-state index in [2.05, 4.69) is 17.4 Å². The van der Waals surface area contributed by atoms with E-state index in [9.17, 15) is 14.4 Å². The van der Waals surface area contributed by atoms with Crippen LogP contribution in [0, 0.1) is 6.92 Å². The van der Waals surface area contributed by atoms with E-state index in [1.165, 1.54) is 10.5 Å². The minimum absolute atomic E-state index is 0.00365. The Balaban J connectivity index is 1.46. The Bertz CT molecular complexity index is 935. The van der Waals surface area contributed by atoms with Gasteiger partial charge in [0.2, 0.25) is 5.91 Å². The maximum atomic E-state index is 12.8. The number of amides is 2. The summed E-state index contributed by atoms with van der Waals surface area (Å²) in [6.45, 7) is 2.20. The van der Waals surface area contributed by atoms with E-state index >= 15 is 0 Å². The molecular weight excluding hydrogens is 344 g/mol. The second kappa shape index (κ2) is 7.02. The van der Waals surface area contributed by atoms with Crippen LogP contribution in [0.25, 0.3) is 0 Å². The van der Waals surface area contributed by atoms with Gasteiger partial charge >= 0.3 is 5.63 Å². The summed E-state index contributed by atoms with van der Waals surface area (Å²) in [7, 11) is 0. The molecule has 0 saturated carbocycles. The summed E-state index contributed by atoms with van der Waals surface area (Å²) >= 11 is 0. The second-order valence-corrected chi connectivity index (χ2v) is 7.31. The van der Waals surface area contributed by atoms with Crippen LogP contribution in [0.2, 0.25) is 0 Å². The fourth-order valence-electron chi connectivity index (χ4n) is 4.02. The highest BCUT2D eigenvalue weighted by Gasteiger charge is 2.47. The van der Waals surface area contributed by atoms with Crippen molar-refractivity contribution in [1.29, 1.82) is 0 Å². The molecule has 6 nitrogen and oxygen atoms in total. The minimum Gasteiger partial charge on any atom is -0.427 e. The van der Waals surface area contributed by atoms with Gasteiger partial charge in [-0.3, -0.25) is 9.59 Å². The third-order valence-corrected chi connectivity index (χ3v) is 5.36. The zero-order chi connectivity index (χ0) is 19.0. The molecule has 3 heterocycles. The van der Waals surface area contributed by atoms with Gasteiger partial charge in [0.15, 0.2) is 0 Å². The third kappa shape index (κ3) is 3.39. The molecule has 0 unspecified atom stereocenters. The van der Waals surface area contributed by atoms with Crippen LogP contribution in [-0.2, 0) is 17.6 Å². The number of carbonyl (C=O) groups excluding carboxylic acids is 2. The maximum absolute atomic E-state index is 12.8. The van der Waals surface area contributed by atoms with Crippen LogP contribution in [0.3, 0.4) is 0 Å². The van der Waals surface area contributed by atoms with E-state index in [1.807, 2.05) is 18.2 Å². The molecular formula is C21H22N2O4. The number of hydrogen-bond acceptors (Lipinski definition) is 4. The zero-order valence-corrected chi connectivity index (χ0v) is 15.2. The minimum atomic E-state index is -0.613. The van der Waals surface area contributed by atoms with Crippen LogP contribution in [-0.4, -0.2) is 35.3 Å². The van der Waals surface area contributed by atoms with Gasteiger partial charge in [0, 0.05) is 19.0 Å². The highest BCUT2D eigenvalue weighted by Crippen LogP contribution is 2.26. The van der Waals surface area contributed by atoms with Crippen molar-refractivity contribution in [1.82, 2.24) is 10.2 Å². The number of carbonyl (C=O) groups is 2. The molecule has 1 aromatic heterocycles. The standard InChI is InChI=1S/C21H22N2O4/c1-13-10-16(9-5-8-14-6-3-2-4-7-14)27-21(26)18(13)20(25)23-12-15-11-17(23)19(24)22-15/h2-4,6-7,10,15,17H,5,8-9,11-12H2,1H3,(H,22,24)/t15-,17-/m0/s1. The van der Waals surface area contributed by atoms with Crippen LogP contribution in [0.1, 0.15) is 40.1 Å². The molecule has 6 heteroatoms. The molecule has 2 fully saturated rings. The second-order valence-electron chi connectivity index (χ2n) is 7.31. The van der Waals surface area contributed by atoms with Crippen LogP contribution in [0.5, 0.6) is 0 Å². The molecule has 2 aliphatic rings. The van der Waals surface area contributed by atoms with E-state index in [-0.39, 0.29) is 17.5 Å². The molecule has 1 N–H and O–H groups in total. The Labute approximate surface area is 157 Å². The van der Waals surface area contributed by atoms with Gasteiger partial charge in [0.1, 0.15) is 17.4 Å². The first-order valence-electron chi connectivity index (χ1n) is 9.32. The molecule has 27 heavy (non-hydrogen) atoms. The summed E-state index contributed by atoms with van der Waals surface area (Å²) < 4.78 is 5.41. The average molecular weight is 366 g/mol. The SMILES string of the molecule is Cc1cc(CCCc2ccccc2)oc(=O)c1C(=O)N1C[C@@H]2C[C@H]1C(=O)N2. The zero-order valence-electron chi connectivity index (χ0n) is 15.2. The largest absolute Gasteiger partial charge is 0.427 e. The molecule has 140 valence electrons. The van der Waals surface area contributed by atoms with Crippen molar-refractivity contribution in [3.63, 3.8) is 0 Å². The van der Waals surface area contributed by atoms with Gasteiger partial charge in [-0.1, -0.05) is 30.3 Å². The first-order chi connectivity index (χ1) is 13.0. The number of piperazine rings is 1. The predicted octanol–water partition coefficient (Wildman–Crippen LogP) is 1.84. The van der Waals surface area contributed by atoms with Crippen LogP contribution in [0.4, 0.5) is 0 Å². The highest BCUT2D eigenvalue weighted by atomic mass is 16.4. The van der Waals surface area contributed by atoms with E-state index in [1.54, 1.807) is 13.0 Å². The molecule has 1 aromatic carbocycles. The molecule has 2 atom stereocenters. The van der Waals surface area contributed by atoms with Crippen LogP contribution in [0.15, 0.2) is 45.6 Å².